The van der Waals surface area contributed by atoms with E-state index in [9.17, 15) is 4.79 Å². The van der Waals surface area contributed by atoms with E-state index < -0.39 is 5.97 Å². The van der Waals surface area contributed by atoms with Crippen LogP contribution in [0.4, 0.5) is 5.82 Å². The molecule has 19 heavy (non-hydrogen) atoms. The summed E-state index contributed by atoms with van der Waals surface area (Å²) >= 11 is 0. The third-order valence-electron chi connectivity index (χ3n) is 5.52. The van der Waals surface area contributed by atoms with Crippen molar-refractivity contribution >= 4 is 11.8 Å². The Kier molecular flexibility index (Phi) is 2.10. The van der Waals surface area contributed by atoms with Gasteiger partial charge in [-0.15, -0.1) is 0 Å². The number of carboxylic acid groups (broad SMARTS) is 1. The van der Waals surface area contributed by atoms with Crippen LogP contribution < -0.4 is 5.73 Å². The lowest BCUT2D eigenvalue weighted by atomic mass is 9.53. The van der Waals surface area contributed by atoms with Gasteiger partial charge in [0.05, 0.1) is 6.33 Å². The molecule has 1 aromatic heterocycles. The summed E-state index contributed by atoms with van der Waals surface area (Å²) in [5, 5.41) is 9.10. The third kappa shape index (κ3) is 1.47. The van der Waals surface area contributed by atoms with Crippen molar-refractivity contribution in [2.45, 2.75) is 44.1 Å². The molecule has 0 amide bonds. The third-order valence-corrected chi connectivity index (χ3v) is 5.52. The predicted octanol–water partition coefficient (Wildman–Crippen LogP) is 2.09. The first-order valence-corrected chi connectivity index (χ1v) is 7.14. The number of nitrogens with zero attached hydrogens (tertiary/aromatic N) is 2. The minimum Gasteiger partial charge on any atom is -0.476 e. The zero-order valence-electron chi connectivity index (χ0n) is 10.9. The molecule has 4 bridgehead atoms. The van der Waals surface area contributed by atoms with E-state index in [1.807, 2.05) is 4.57 Å². The van der Waals surface area contributed by atoms with Crippen molar-refractivity contribution in [2.75, 3.05) is 5.73 Å². The Morgan fingerprint density at radius 3 is 2.21 bits per heavy atom. The smallest absolute Gasteiger partial charge is 0.358 e. The summed E-state index contributed by atoms with van der Waals surface area (Å²) in [6.45, 7) is 0. The van der Waals surface area contributed by atoms with Gasteiger partial charge in [0.2, 0.25) is 0 Å². The maximum absolute atomic E-state index is 11.1. The average molecular weight is 261 g/mol. The van der Waals surface area contributed by atoms with Gasteiger partial charge in [-0.1, -0.05) is 0 Å². The van der Waals surface area contributed by atoms with E-state index in [1.54, 1.807) is 6.33 Å². The van der Waals surface area contributed by atoms with Crippen molar-refractivity contribution in [1.82, 2.24) is 9.55 Å². The van der Waals surface area contributed by atoms with Crippen LogP contribution in [-0.4, -0.2) is 20.6 Å². The number of aromatic carboxylic acids is 1. The number of hydrogen-bond donors (Lipinski definition) is 2. The van der Waals surface area contributed by atoms with E-state index in [1.165, 1.54) is 19.3 Å². The average Bonchev–Trinajstić information content (AvgIpc) is 2.69. The SMILES string of the molecule is Nc1c(C(=O)O)ncn1C12CC3CC(CC(C3)C1)C2. The van der Waals surface area contributed by atoms with Gasteiger partial charge in [0.25, 0.3) is 0 Å². The van der Waals surface area contributed by atoms with Crippen molar-refractivity contribution < 1.29 is 9.90 Å². The summed E-state index contributed by atoms with van der Waals surface area (Å²) < 4.78 is 1.99. The highest BCUT2D eigenvalue weighted by molar-refractivity contribution is 5.90. The first-order chi connectivity index (χ1) is 9.07. The van der Waals surface area contributed by atoms with Crippen LogP contribution in [0.5, 0.6) is 0 Å². The normalized spacial score (nSPS) is 39.7. The van der Waals surface area contributed by atoms with Crippen LogP contribution >= 0.6 is 0 Å². The van der Waals surface area contributed by atoms with Gasteiger partial charge in [0.15, 0.2) is 5.69 Å². The van der Waals surface area contributed by atoms with E-state index in [0.29, 0.717) is 5.82 Å². The van der Waals surface area contributed by atoms with Gasteiger partial charge in [-0.25, -0.2) is 9.78 Å². The van der Waals surface area contributed by atoms with Crippen LogP contribution in [0.25, 0.3) is 0 Å². The van der Waals surface area contributed by atoms with Crippen molar-refractivity contribution in [1.29, 1.82) is 0 Å². The predicted molar refractivity (Wildman–Crippen MR) is 69.7 cm³/mol. The Morgan fingerprint density at radius 1 is 1.26 bits per heavy atom. The number of nitrogens with two attached hydrogens (primary N) is 1. The van der Waals surface area contributed by atoms with Crippen LogP contribution in [-0.2, 0) is 5.54 Å². The van der Waals surface area contributed by atoms with Crippen LogP contribution in [0.3, 0.4) is 0 Å². The first-order valence-electron chi connectivity index (χ1n) is 7.14. The summed E-state index contributed by atoms with van der Waals surface area (Å²) in [4.78, 5) is 15.1. The van der Waals surface area contributed by atoms with Gasteiger partial charge in [-0.3, -0.25) is 0 Å². The fraction of sp³-hybridized carbons (Fsp3) is 0.714. The first kappa shape index (κ1) is 11.3. The molecular weight excluding hydrogens is 242 g/mol. The molecule has 3 N–H and O–H groups in total. The molecule has 5 heteroatoms. The van der Waals surface area contributed by atoms with E-state index in [-0.39, 0.29) is 11.2 Å². The van der Waals surface area contributed by atoms with Gasteiger partial charge >= 0.3 is 5.97 Å². The molecule has 1 aromatic rings. The van der Waals surface area contributed by atoms with Gasteiger partial charge in [-0.05, 0) is 56.3 Å². The molecule has 1 heterocycles. The number of carbonyl (C=O) groups is 1. The minimum atomic E-state index is -1.03. The monoisotopic (exact) mass is 261 g/mol. The summed E-state index contributed by atoms with van der Waals surface area (Å²) in [6.07, 6.45) is 9.20. The lowest BCUT2D eigenvalue weighted by Gasteiger charge is -2.57. The Bertz CT molecular complexity index is 514. The van der Waals surface area contributed by atoms with Crippen LogP contribution in [0.15, 0.2) is 6.33 Å². The summed E-state index contributed by atoms with van der Waals surface area (Å²) in [5.41, 5.74) is 6.11. The highest BCUT2D eigenvalue weighted by Crippen LogP contribution is 2.59. The fourth-order valence-electron chi connectivity index (χ4n) is 5.26. The molecule has 4 aliphatic rings. The highest BCUT2D eigenvalue weighted by Gasteiger charge is 2.52. The number of aromatic nitrogens is 2. The van der Waals surface area contributed by atoms with Crippen molar-refractivity contribution in [3.05, 3.63) is 12.0 Å². The van der Waals surface area contributed by atoms with E-state index in [0.717, 1.165) is 37.0 Å². The van der Waals surface area contributed by atoms with Crippen molar-refractivity contribution in [3.8, 4) is 0 Å². The molecule has 5 rings (SSSR count). The standard InChI is InChI=1S/C14H19N3O2/c15-12-11(13(18)19)16-7-17(12)14-4-8-1-9(5-14)3-10(2-8)6-14/h7-10H,1-6,15H2,(H,18,19). The maximum Gasteiger partial charge on any atom is 0.358 e. The molecule has 0 unspecified atom stereocenters. The molecule has 0 spiro atoms. The Balaban J connectivity index is 1.77. The summed E-state index contributed by atoms with van der Waals surface area (Å²) in [5.74, 6) is 1.74. The lowest BCUT2D eigenvalue weighted by Crippen LogP contribution is -2.51. The van der Waals surface area contributed by atoms with E-state index in [2.05, 4.69) is 4.98 Å². The number of hydrogen-bond acceptors (Lipinski definition) is 3. The molecular formula is C14H19N3O2. The van der Waals surface area contributed by atoms with Gasteiger partial charge in [-0.2, -0.15) is 0 Å². The zero-order chi connectivity index (χ0) is 13.2. The molecule has 102 valence electrons. The second-order valence-electron chi connectivity index (χ2n) is 6.80. The van der Waals surface area contributed by atoms with Gasteiger partial charge < -0.3 is 15.4 Å². The number of rotatable bonds is 2. The fourth-order valence-corrected chi connectivity index (χ4v) is 5.26. The quantitative estimate of drug-likeness (QED) is 0.854. The van der Waals surface area contributed by atoms with Crippen molar-refractivity contribution in [2.24, 2.45) is 17.8 Å². The number of anilines is 1. The van der Waals surface area contributed by atoms with Crippen LogP contribution in [0.2, 0.25) is 0 Å². The minimum absolute atomic E-state index is 0.00995. The summed E-state index contributed by atoms with van der Waals surface area (Å²) in [7, 11) is 0. The second-order valence-corrected chi connectivity index (χ2v) is 6.80. The highest BCUT2D eigenvalue weighted by atomic mass is 16.4. The molecule has 5 nitrogen and oxygen atoms in total. The number of imidazole rings is 1. The van der Waals surface area contributed by atoms with Gasteiger partial charge in [0.1, 0.15) is 5.82 Å². The molecule has 4 saturated carbocycles. The number of nitrogen functional groups attached to an aromatic ring is 1. The topological polar surface area (TPSA) is 81.1 Å². The Morgan fingerprint density at radius 2 is 1.79 bits per heavy atom. The summed E-state index contributed by atoms with van der Waals surface area (Å²) in [6, 6.07) is 0. The maximum atomic E-state index is 11.1. The lowest BCUT2D eigenvalue weighted by molar-refractivity contribution is -0.0420. The molecule has 0 atom stereocenters. The zero-order valence-corrected chi connectivity index (χ0v) is 10.9. The molecule has 0 aromatic carbocycles. The molecule has 0 radical (unpaired) electrons. The van der Waals surface area contributed by atoms with Crippen molar-refractivity contribution in [3.63, 3.8) is 0 Å². The number of carboxylic acids is 1. The molecule has 4 aliphatic carbocycles. The Hall–Kier alpha value is -1.52. The van der Waals surface area contributed by atoms with Crippen LogP contribution in [0, 0.1) is 17.8 Å². The van der Waals surface area contributed by atoms with E-state index >= 15 is 0 Å². The Labute approximate surface area is 111 Å². The molecule has 4 fully saturated rings. The van der Waals surface area contributed by atoms with Gasteiger partial charge in [0, 0.05) is 5.54 Å². The molecule has 0 saturated heterocycles. The second kappa shape index (κ2) is 3.52. The largest absolute Gasteiger partial charge is 0.476 e. The van der Waals surface area contributed by atoms with E-state index in [4.69, 9.17) is 10.8 Å². The van der Waals surface area contributed by atoms with Crippen LogP contribution in [0.1, 0.15) is 49.0 Å². The molecule has 0 aliphatic heterocycles.